The third-order valence-electron chi connectivity index (χ3n) is 6.66. The minimum Gasteiger partial charge on any atom is -0.495 e. The van der Waals surface area contributed by atoms with Gasteiger partial charge in [0.15, 0.2) is 5.82 Å². The molecule has 2 aliphatic rings. The summed E-state index contributed by atoms with van der Waals surface area (Å²) in [6.45, 7) is 4.41. The number of nitrogens with two attached hydrogens (primary N) is 2. The number of hydrogen-bond donors (Lipinski definition) is 2. The van der Waals surface area contributed by atoms with E-state index in [-0.39, 0.29) is 5.95 Å². The molecule has 2 aliphatic heterocycles. The summed E-state index contributed by atoms with van der Waals surface area (Å²) in [6, 6.07) is 4.77. The number of pyridine rings is 1. The Morgan fingerprint density at radius 2 is 1.84 bits per heavy atom. The number of methoxy groups -OCH3 is 1. The van der Waals surface area contributed by atoms with Gasteiger partial charge in [0.2, 0.25) is 5.95 Å². The average molecular weight is 439 g/mol. The molecule has 3 aromatic heterocycles. The van der Waals surface area contributed by atoms with Crippen molar-refractivity contribution < 1.29 is 9.47 Å². The highest BCUT2D eigenvalue weighted by atomic mass is 16.5. The van der Waals surface area contributed by atoms with Crippen LogP contribution in [-0.4, -0.2) is 69.1 Å². The first-order valence-electron chi connectivity index (χ1n) is 11.2. The van der Waals surface area contributed by atoms with Crippen molar-refractivity contribution in [3.63, 3.8) is 0 Å². The number of piperidine rings is 1. The van der Waals surface area contributed by atoms with Crippen LogP contribution in [0.3, 0.4) is 0 Å². The van der Waals surface area contributed by atoms with Gasteiger partial charge in [0.1, 0.15) is 22.5 Å². The van der Waals surface area contributed by atoms with E-state index in [1.807, 2.05) is 6.07 Å². The predicted molar refractivity (Wildman–Crippen MR) is 121 cm³/mol. The first kappa shape index (κ1) is 20.9. The maximum absolute atomic E-state index is 6.09. The number of nitrogens with zero attached hydrogens (tertiary/aromatic N) is 6. The quantitative estimate of drug-likeness (QED) is 0.612. The summed E-state index contributed by atoms with van der Waals surface area (Å²) in [5, 5.41) is 4.44. The Balaban J connectivity index is 1.35. The molecule has 5 heterocycles. The molecule has 10 nitrogen and oxygen atoms in total. The van der Waals surface area contributed by atoms with E-state index in [9.17, 15) is 0 Å². The molecular formula is C22H30N8O2. The third-order valence-corrected chi connectivity index (χ3v) is 6.66. The third kappa shape index (κ3) is 4.07. The summed E-state index contributed by atoms with van der Waals surface area (Å²) in [7, 11) is 1.66. The van der Waals surface area contributed by atoms with Crippen molar-refractivity contribution in [2.45, 2.75) is 44.2 Å². The lowest BCUT2D eigenvalue weighted by molar-refractivity contribution is 0.0250. The molecule has 0 saturated carbocycles. The van der Waals surface area contributed by atoms with E-state index in [1.165, 1.54) is 0 Å². The summed E-state index contributed by atoms with van der Waals surface area (Å²) >= 11 is 0. The van der Waals surface area contributed by atoms with Crippen LogP contribution in [0.1, 0.15) is 43.0 Å². The number of ether oxygens (including phenoxy) is 2. The van der Waals surface area contributed by atoms with Crippen LogP contribution in [0.5, 0.6) is 5.75 Å². The fourth-order valence-corrected chi connectivity index (χ4v) is 4.95. The van der Waals surface area contributed by atoms with Crippen LogP contribution in [0.2, 0.25) is 0 Å². The van der Waals surface area contributed by atoms with Crippen LogP contribution < -0.4 is 16.2 Å². The van der Waals surface area contributed by atoms with Crippen LogP contribution in [0, 0.1) is 0 Å². The van der Waals surface area contributed by atoms with Crippen molar-refractivity contribution in [2.24, 2.45) is 0 Å². The van der Waals surface area contributed by atoms with E-state index >= 15 is 0 Å². The molecule has 10 heteroatoms. The van der Waals surface area contributed by atoms with Gasteiger partial charge in [0, 0.05) is 30.9 Å². The van der Waals surface area contributed by atoms with Gasteiger partial charge in [-0.1, -0.05) is 0 Å². The van der Waals surface area contributed by atoms with E-state index in [0.717, 1.165) is 69.1 Å². The van der Waals surface area contributed by atoms with Crippen LogP contribution >= 0.6 is 0 Å². The van der Waals surface area contributed by atoms with Gasteiger partial charge >= 0.3 is 0 Å². The highest BCUT2D eigenvalue weighted by Gasteiger charge is 2.28. The van der Waals surface area contributed by atoms with Gasteiger partial charge in [-0.3, -0.25) is 9.67 Å². The van der Waals surface area contributed by atoms with Gasteiger partial charge in [-0.15, -0.1) is 0 Å². The molecule has 0 bridgehead atoms. The Bertz CT molecular complexity index is 1090. The molecule has 0 radical (unpaired) electrons. The number of likely N-dealkylation sites (tertiary alicyclic amines) is 1. The minimum absolute atomic E-state index is 0.138. The molecule has 0 amide bonds. The van der Waals surface area contributed by atoms with Gasteiger partial charge in [0.25, 0.3) is 0 Å². The number of nitrogen functional groups attached to an aromatic ring is 2. The molecule has 4 N–H and O–H groups in total. The molecule has 2 fully saturated rings. The molecule has 2 saturated heterocycles. The number of hydrogen-bond acceptors (Lipinski definition) is 9. The zero-order valence-corrected chi connectivity index (χ0v) is 18.4. The Kier molecular flexibility index (Phi) is 5.79. The second-order valence-electron chi connectivity index (χ2n) is 8.54. The molecule has 0 unspecified atom stereocenters. The minimum atomic E-state index is 0.138. The number of rotatable bonds is 5. The Hall–Kier alpha value is -2.98. The monoisotopic (exact) mass is 438 g/mol. The lowest BCUT2D eigenvalue weighted by Gasteiger charge is -2.39. The lowest BCUT2D eigenvalue weighted by atomic mass is 9.91. The second kappa shape index (κ2) is 8.87. The van der Waals surface area contributed by atoms with E-state index in [0.29, 0.717) is 35.4 Å². The van der Waals surface area contributed by atoms with Crippen molar-refractivity contribution in [1.29, 1.82) is 0 Å². The molecule has 0 spiro atoms. The van der Waals surface area contributed by atoms with Gasteiger partial charge < -0.3 is 25.8 Å². The Morgan fingerprint density at radius 1 is 1.06 bits per heavy atom. The maximum Gasteiger partial charge on any atom is 0.222 e. The first-order chi connectivity index (χ1) is 15.6. The van der Waals surface area contributed by atoms with Crippen molar-refractivity contribution >= 4 is 22.8 Å². The summed E-state index contributed by atoms with van der Waals surface area (Å²) in [5.74, 6) is 1.62. The summed E-state index contributed by atoms with van der Waals surface area (Å²) in [5.41, 5.74) is 15.0. The van der Waals surface area contributed by atoms with Crippen molar-refractivity contribution in [2.75, 3.05) is 44.9 Å². The van der Waals surface area contributed by atoms with E-state index in [2.05, 4.69) is 26.0 Å². The zero-order chi connectivity index (χ0) is 22.1. The molecule has 5 rings (SSSR count). The van der Waals surface area contributed by atoms with Gasteiger partial charge in [-0.2, -0.15) is 10.1 Å². The van der Waals surface area contributed by atoms with Crippen LogP contribution in [0.25, 0.3) is 11.0 Å². The predicted octanol–water partition coefficient (Wildman–Crippen LogP) is 1.80. The fraction of sp³-hybridized carbons (Fsp3) is 0.545. The van der Waals surface area contributed by atoms with Gasteiger partial charge in [-0.25, -0.2) is 4.98 Å². The molecule has 3 aromatic rings. The number of fused-ring (bicyclic) bond motifs is 1. The lowest BCUT2D eigenvalue weighted by Crippen LogP contribution is -2.43. The van der Waals surface area contributed by atoms with Crippen LogP contribution in [0.15, 0.2) is 18.3 Å². The highest BCUT2D eigenvalue weighted by molar-refractivity contribution is 5.85. The second-order valence-corrected chi connectivity index (χ2v) is 8.54. The van der Waals surface area contributed by atoms with Gasteiger partial charge in [-0.05, 0) is 50.9 Å². The topological polar surface area (TPSA) is 130 Å². The van der Waals surface area contributed by atoms with Crippen LogP contribution in [0.4, 0.5) is 11.8 Å². The first-order valence-corrected chi connectivity index (χ1v) is 11.2. The standard InChI is InChI=1S/C22H30N8O2/c1-31-19-3-2-16(14-4-8-29(9-5-14)15-6-10-32-11-7-15)26-18(19)13-30-20-17(12-25-30)27-22(24)28-21(20)23/h2-3,12,14-15H,4-11,13H2,1H3,(H4,23,24,27,28). The van der Waals surface area contributed by atoms with Crippen molar-refractivity contribution in [1.82, 2.24) is 29.6 Å². The SMILES string of the molecule is COc1ccc(C2CCN(C3CCOCC3)CC2)nc1Cn1ncc2nc(N)nc(N)c21. The van der Waals surface area contributed by atoms with E-state index in [4.69, 9.17) is 25.9 Å². The summed E-state index contributed by atoms with van der Waals surface area (Å²) in [4.78, 5) is 15.9. The number of aromatic nitrogens is 5. The molecular weight excluding hydrogens is 408 g/mol. The molecule has 0 atom stereocenters. The zero-order valence-electron chi connectivity index (χ0n) is 18.4. The van der Waals surface area contributed by atoms with Crippen LogP contribution in [-0.2, 0) is 11.3 Å². The van der Waals surface area contributed by atoms with Crippen molar-refractivity contribution in [3.05, 3.63) is 29.7 Å². The average Bonchev–Trinajstić information content (AvgIpc) is 3.22. The van der Waals surface area contributed by atoms with Crippen molar-refractivity contribution in [3.8, 4) is 5.75 Å². The molecule has 170 valence electrons. The normalized spacial score (nSPS) is 18.9. The maximum atomic E-state index is 6.09. The Labute approximate surface area is 186 Å². The Morgan fingerprint density at radius 3 is 2.59 bits per heavy atom. The fourth-order valence-electron chi connectivity index (χ4n) is 4.95. The van der Waals surface area contributed by atoms with E-state index < -0.39 is 0 Å². The number of anilines is 2. The summed E-state index contributed by atoms with van der Waals surface area (Å²) < 4.78 is 12.9. The molecule has 0 aromatic carbocycles. The van der Waals surface area contributed by atoms with E-state index in [1.54, 1.807) is 18.0 Å². The summed E-state index contributed by atoms with van der Waals surface area (Å²) in [6.07, 6.45) is 6.16. The molecule has 32 heavy (non-hydrogen) atoms. The smallest absolute Gasteiger partial charge is 0.222 e. The van der Waals surface area contributed by atoms with Gasteiger partial charge in [0.05, 0.1) is 19.9 Å². The highest BCUT2D eigenvalue weighted by Crippen LogP contribution is 2.31. The molecule has 0 aliphatic carbocycles. The largest absolute Gasteiger partial charge is 0.495 e.